The molecule has 1 saturated heterocycles. The van der Waals surface area contributed by atoms with Gasteiger partial charge in [-0.2, -0.15) is 0 Å². The van der Waals surface area contributed by atoms with E-state index in [2.05, 4.69) is 33.9 Å². The van der Waals surface area contributed by atoms with Gasteiger partial charge in [0.2, 0.25) is 0 Å². The lowest BCUT2D eigenvalue weighted by Gasteiger charge is -2.37. The number of likely N-dealkylation sites (tertiary alicyclic amines) is 1. The fourth-order valence-corrected chi connectivity index (χ4v) is 3.39. The van der Waals surface area contributed by atoms with E-state index in [0.29, 0.717) is 13.2 Å². The van der Waals surface area contributed by atoms with Crippen molar-refractivity contribution in [3.63, 3.8) is 0 Å². The van der Waals surface area contributed by atoms with Gasteiger partial charge < -0.3 is 19.2 Å². The minimum absolute atomic E-state index is 0.0647. The van der Waals surface area contributed by atoms with Gasteiger partial charge in [0, 0.05) is 25.6 Å². The van der Waals surface area contributed by atoms with E-state index in [4.69, 9.17) is 9.16 Å². The van der Waals surface area contributed by atoms with Crippen LogP contribution in [0.15, 0.2) is 0 Å². The minimum atomic E-state index is -1.95. The molecule has 0 aromatic heterocycles. The lowest BCUT2D eigenvalue weighted by molar-refractivity contribution is -0.142. The molecule has 2 atom stereocenters. The molecule has 140 valence electrons. The summed E-state index contributed by atoms with van der Waals surface area (Å²) in [6.07, 6.45) is -0.455. The normalized spacial score (nSPS) is 22.6. The zero-order valence-electron chi connectivity index (χ0n) is 16.3. The molecule has 0 radical (unpaired) electrons. The molecule has 1 rings (SSSR count). The summed E-state index contributed by atoms with van der Waals surface area (Å²) < 4.78 is 11.5. The average Bonchev–Trinajstić information content (AvgIpc) is 2.77. The van der Waals surface area contributed by atoms with Crippen LogP contribution in [0.1, 0.15) is 41.5 Å². The Labute approximate surface area is 146 Å². The summed E-state index contributed by atoms with van der Waals surface area (Å²) in [7, 11) is -1.95. The molecule has 1 heterocycles. The third-order valence-electron chi connectivity index (χ3n) is 4.87. The van der Waals surface area contributed by atoms with Crippen molar-refractivity contribution >= 4 is 20.4 Å². The topological polar surface area (TPSA) is 76.1 Å². The van der Waals surface area contributed by atoms with Crippen LogP contribution in [0.3, 0.4) is 0 Å². The fraction of sp³-hybridized carbons (Fsp3) is 0.882. The van der Waals surface area contributed by atoms with Gasteiger partial charge in [0.1, 0.15) is 5.60 Å². The molecule has 0 aromatic rings. The Morgan fingerprint density at radius 1 is 1.12 bits per heavy atom. The fourth-order valence-electron chi connectivity index (χ4n) is 2.33. The Morgan fingerprint density at radius 3 is 2.08 bits per heavy atom. The quantitative estimate of drug-likeness (QED) is 0.777. The molecule has 0 aromatic carbocycles. The zero-order valence-corrected chi connectivity index (χ0v) is 17.3. The van der Waals surface area contributed by atoms with Gasteiger partial charge in [0.25, 0.3) is 0 Å². The van der Waals surface area contributed by atoms with E-state index in [0.717, 1.165) is 0 Å². The smallest absolute Gasteiger partial charge is 0.410 e. The molecule has 0 bridgehead atoms. The number of nitrogens with zero attached hydrogens (tertiary/aromatic N) is 1. The van der Waals surface area contributed by atoms with Gasteiger partial charge in [-0.05, 0) is 38.9 Å². The van der Waals surface area contributed by atoms with E-state index in [1.165, 1.54) is 4.90 Å². The van der Waals surface area contributed by atoms with Crippen LogP contribution in [-0.2, 0) is 14.0 Å². The number of carboxylic acid groups (broad SMARTS) is 1. The maximum absolute atomic E-state index is 12.2. The number of hydrogen-bond acceptors (Lipinski definition) is 4. The van der Waals surface area contributed by atoms with Crippen molar-refractivity contribution in [1.82, 2.24) is 4.90 Å². The van der Waals surface area contributed by atoms with Gasteiger partial charge in [0.15, 0.2) is 8.32 Å². The number of rotatable bonds is 4. The van der Waals surface area contributed by atoms with Crippen molar-refractivity contribution < 1.29 is 23.9 Å². The van der Waals surface area contributed by atoms with Crippen LogP contribution in [-0.4, -0.2) is 55.7 Å². The van der Waals surface area contributed by atoms with Crippen molar-refractivity contribution in [1.29, 1.82) is 0 Å². The van der Waals surface area contributed by atoms with Crippen molar-refractivity contribution in [3.05, 3.63) is 0 Å². The van der Waals surface area contributed by atoms with Gasteiger partial charge in [0.05, 0.1) is 5.92 Å². The highest BCUT2D eigenvalue weighted by molar-refractivity contribution is 6.74. The summed E-state index contributed by atoms with van der Waals surface area (Å²) in [5.74, 6) is -1.70. The Hall–Kier alpha value is -1.08. The van der Waals surface area contributed by atoms with Crippen LogP contribution >= 0.6 is 0 Å². The minimum Gasteiger partial charge on any atom is -0.481 e. The van der Waals surface area contributed by atoms with Crippen LogP contribution in [0.4, 0.5) is 4.79 Å². The van der Waals surface area contributed by atoms with E-state index in [1.807, 2.05) is 0 Å². The van der Waals surface area contributed by atoms with E-state index < -0.39 is 31.9 Å². The predicted molar refractivity (Wildman–Crippen MR) is 95.6 cm³/mol. The molecule has 0 spiro atoms. The van der Waals surface area contributed by atoms with Crippen molar-refractivity contribution in [3.8, 4) is 0 Å². The third-order valence-corrected chi connectivity index (χ3v) is 9.38. The maximum Gasteiger partial charge on any atom is 0.410 e. The number of ether oxygens (including phenoxy) is 1. The summed E-state index contributed by atoms with van der Waals surface area (Å²) in [5, 5.41) is 9.55. The molecule has 1 aliphatic rings. The van der Waals surface area contributed by atoms with Gasteiger partial charge in [-0.15, -0.1) is 0 Å². The summed E-state index contributed by atoms with van der Waals surface area (Å²) in [5.41, 5.74) is -0.592. The summed E-state index contributed by atoms with van der Waals surface area (Å²) >= 11 is 0. The first-order valence-corrected chi connectivity index (χ1v) is 11.4. The Kier molecular flexibility index (Phi) is 6.14. The van der Waals surface area contributed by atoms with Gasteiger partial charge >= 0.3 is 12.1 Å². The third kappa shape index (κ3) is 5.48. The van der Waals surface area contributed by atoms with Crippen molar-refractivity contribution in [2.75, 3.05) is 19.7 Å². The molecule has 24 heavy (non-hydrogen) atoms. The number of carboxylic acids is 1. The highest BCUT2D eigenvalue weighted by atomic mass is 28.4. The largest absolute Gasteiger partial charge is 0.481 e. The second kappa shape index (κ2) is 7.04. The number of carbonyl (C=O) groups is 2. The van der Waals surface area contributed by atoms with Crippen molar-refractivity contribution in [2.24, 2.45) is 11.8 Å². The number of aliphatic carboxylic acids is 1. The van der Waals surface area contributed by atoms with Crippen LogP contribution in [0, 0.1) is 11.8 Å². The average molecular weight is 360 g/mol. The Bertz CT molecular complexity index is 478. The lowest BCUT2D eigenvalue weighted by Crippen LogP contribution is -2.43. The molecule has 1 aliphatic heterocycles. The standard InChI is InChI=1S/C17H33NO5Si/c1-16(2,3)23-15(21)18-9-12(13(10-18)14(19)20)11-22-24(7,8)17(4,5)6/h12-13H,9-11H2,1-8H3,(H,19,20)/t12-,13+/m1/s1. The first-order valence-electron chi connectivity index (χ1n) is 8.49. The van der Waals surface area contributed by atoms with Gasteiger partial charge in [-0.3, -0.25) is 4.79 Å². The molecule has 1 fully saturated rings. The molecular weight excluding hydrogens is 326 g/mol. The van der Waals surface area contributed by atoms with E-state index >= 15 is 0 Å². The second-order valence-corrected chi connectivity index (χ2v) is 14.0. The lowest BCUT2D eigenvalue weighted by atomic mass is 9.97. The first kappa shape index (κ1) is 21.0. The van der Waals surface area contributed by atoms with E-state index in [9.17, 15) is 14.7 Å². The summed E-state index contributed by atoms with van der Waals surface area (Å²) in [6, 6.07) is 0. The predicted octanol–water partition coefficient (Wildman–Crippen LogP) is 3.58. The van der Waals surface area contributed by atoms with Crippen LogP contribution in [0.5, 0.6) is 0 Å². The second-order valence-electron chi connectivity index (χ2n) is 9.16. The van der Waals surface area contributed by atoms with Gasteiger partial charge in [-0.25, -0.2) is 4.79 Å². The molecule has 0 unspecified atom stereocenters. The molecule has 6 nitrogen and oxygen atoms in total. The monoisotopic (exact) mass is 359 g/mol. The number of amides is 1. The summed E-state index contributed by atoms with van der Waals surface area (Å²) in [6.45, 7) is 17.0. The zero-order chi connectivity index (χ0) is 18.9. The summed E-state index contributed by atoms with van der Waals surface area (Å²) in [4.78, 5) is 25.3. The van der Waals surface area contributed by atoms with E-state index in [1.54, 1.807) is 20.8 Å². The Morgan fingerprint density at radius 2 is 1.67 bits per heavy atom. The molecule has 1 amide bonds. The number of carbonyl (C=O) groups excluding carboxylic acids is 1. The van der Waals surface area contributed by atoms with Crippen LogP contribution in [0.2, 0.25) is 18.1 Å². The molecule has 1 N–H and O–H groups in total. The molecule has 7 heteroatoms. The SMILES string of the molecule is CC(C)(C)OC(=O)N1C[C@H](CO[Si](C)(C)C(C)(C)C)[C@@H](C(=O)O)C1. The molecular formula is C17H33NO5Si. The van der Waals surface area contributed by atoms with Crippen LogP contribution < -0.4 is 0 Å². The van der Waals surface area contributed by atoms with Gasteiger partial charge in [-0.1, -0.05) is 20.8 Å². The van der Waals surface area contributed by atoms with Crippen molar-refractivity contribution in [2.45, 2.75) is 65.3 Å². The molecule has 0 saturated carbocycles. The number of hydrogen-bond donors (Lipinski definition) is 1. The highest BCUT2D eigenvalue weighted by Gasteiger charge is 2.43. The van der Waals surface area contributed by atoms with E-state index in [-0.39, 0.29) is 17.5 Å². The first-order chi connectivity index (χ1) is 10.6. The maximum atomic E-state index is 12.2. The molecule has 0 aliphatic carbocycles. The Balaban J connectivity index is 2.76. The highest BCUT2D eigenvalue weighted by Crippen LogP contribution is 2.37. The van der Waals surface area contributed by atoms with Crippen LogP contribution in [0.25, 0.3) is 0 Å².